The molecular formula is C10H16O4. The lowest BCUT2D eigenvalue weighted by Crippen LogP contribution is -2.63. The van der Waals surface area contributed by atoms with Gasteiger partial charge in [-0.05, 0) is 12.8 Å². The van der Waals surface area contributed by atoms with Crippen molar-refractivity contribution in [1.29, 1.82) is 0 Å². The Morgan fingerprint density at radius 3 is 1.93 bits per heavy atom. The topological polar surface area (TPSA) is 47.9 Å². The molecule has 0 aromatic carbocycles. The summed E-state index contributed by atoms with van der Waals surface area (Å²) in [4.78, 5) is 0. The third-order valence-corrected chi connectivity index (χ3v) is 3.64. The quantitative estimate of drug-likeness (QED) is 0.705. The lowest BCUT2D eigenvalue weighted by atomic mass is 9.89. The molecule has 2 bridgehead atoms. The van der Waals surface area contributed by atoms with Crippen LogP contribution in [0.15, 0.2) is 0 Å². The SMILES string of the molecule is CC12COC(C3(CO)CC3)(OC1)OC2. The predicted octanol–water partition coefficient (Wildman–Crippen LogP) is 0.496. The van der Waals surface area contributed by atoms with Gasteiger partial charge in [-0.3, -0.25) is 0 Å². The molecule has 4 aliphatic rings. The van der Waals surface area contributed by atoms with E-state index in [0.29, 0.717) is 19.8 Å². The summed E-state index contributed by atoms with van der Waals surface area (Å²) in [6.45, 7) is 4.20. The van der Waals surface area contributed by atoms with Crippen LogP contribution in [0.3, 0.4) is 0 Å². The molecule has 0 atom stereocenters. The first-order valence-corrected chi connectivity index (χ1v) is 5.17. The molecule has 1 aliphatic carbocycles. The van der Waals surface area contributed by atoms with Crippen molar-refractivity contribution in [3.05, 3.63) is 0 Å². The van der Waals surface area contributed by atoms with Crippen molar-refractivity contribution in [3.8, 4) is 0 Å². The minimum absolute atomic E-state index is 0.00723. The maximum Gasteiger partial charge on any atom is 0.291 e. The molecule has 4 heteroatoms. The van der Waals surface area contributed by atoms with Crippen molar-refractivity contribution in [2.75, 3.05) is 26.4 Å². The summed E-state index contributed by atoms with van der Waals surface area (Å²) in [6.07, 6.45) is 1.86. The van der Waals surface area contributed by atoms with Gasteiger partial charge in [-0.1, -0.05) is 6.92 Å². The summed E-state index contributed by atoms with van der Waals surface area (Å²) in [7, 11) is 0. The summed E-state index contributed by atoms with van der Waals surface area (Å²) in [5, 5.41) is 9.35. The Morgan fingerprint density at radius 2 is 1.57 bits per heavy atom. The number of aliphatic hydroxyl groups is 1. The minimum Gasteiger partial charge on any atom is -0.395 e. The van der Waals surface area contributed by atoms with Crippen LogP contribution in [0.1, 0.15) is 19.8 Å². The van der Waals surface area contributed by atoms with E-state index in [4.69, 9.17) is 14.2 Å². The normalized spacial score (nSPS) is 49.3. The molecule has 0 unspecified atom stereocenters. The van der Waals surface area contributed by atoms with E-state index in [9.17, 15) is 5.11 Å². The van der Waals surface area contributed by atoms with Crippen molar-refractivity contribution in [2.24, 2.45) is 10.8 Å². The van der Waals surface area contributed by atoms with E-state index in [1.54, 1.807) is 0 Å². The van der Waals surface area contributed by atoms with Gasteiger partial charge in [0.25, 0.3) is 5.97 Å². The Kier molecular flexibility index (Phi) is 1.62. The van der Waals surface area contributed by atoms with Crippen LogP contribution in [0, 0.1) is 10.8 Å². The van der Waals surface area contributed by atoms with Crippen molar-refractivity contribution < 1.29 is 19.3 Å². The number of fused-ring (bicyclic) bond motifs is 3. The Bertz CT molecular complexity index is 234. The maximum atomic E-state index is 9.35. The van der Waals surface area contributed by atoms with Crippen LogP contribution in [0.4, 0.5) is 0 Å². The molecule has 0 aromatic heterocycles. The summed E-state index contributed by atoms with van der Waals surface area (Å²) in [6, 6.07) is 0. The molecule has 0 radical (unpaired) electrons. The fourth-order valence-electron chi connectivity index (χ4n) is 2.23. The molecule has 1 saturated carbocycles. The van der Waals surface area contributed by atoms with Crippen LogP contribution in [-0.2, 0) is 14.2 Å². The highest BCUT2D eigenvalue weighted by molar-refractivity contribution is 5.04. The Labute approximate surface area is 83.1 Å². The summed E-state index contributed by atoms with van der Waals surface area (Å²) < 4.78 is 17.0. The lowest BCUT2D eigenvalue weighted by molar-refractivity contribution is -0.491. The molecule has 3 aliphatic heterocycles. The van der Waals surface area contributed by atoms with Crippen LogP contribution < -0.4 is 0 Å². The molecule has 4 fully saturated rings. The predicted molar refractivity (Wildman–Crippen MR) is 47.4 cm³/mol. The van der Waals surface area contributed by atoms with Crippen LogP contribution in [0.25, 0.3) is 0 Å². The summed E-state index contributed by atoms with van der Waals surface area (Å²) in [5.41, 5.74) is -0.276. The van der Waals surface area contributed by atoms with Crippen molar-refractivity contribution >= 4 is 0 Å². The van der Waals surface area contributed by atoms with Crippen molar-refractivity contribution in [3.63, 3.8) is 0 Å². The van der Waals surface area contributed by atoms with Gasteiger partial charge in [0.15, 0.2) is 0 Å². The number of aliphatic hydroxyl groups excluding tert-OH is 1. The van der Waals surface area contributed by atoms with Crippen molar-refractivity contribution in [1.82, 2.24) is 0 Å². The first kappa shape index (κ1) is 9.09. The van der Waals surface area contributed by atoms with Gasteiger partial charge in [0, 0.05) is 5.41 Å². The van der Waals surface area contributed by atoms with Crippen LogP contribution >= 0.6 is 0 Å². The van der Waals surface area contributed by atoms with Crippen LogP contribution in [0.5, 0.6) is 0 Å². The van der Waals surface area contributed by atoms with E-state index in [1.807, 2.05) is 0 Å². The molecule has 80 valence electrons. The highest BCUT2D eigenvalue weighted by Gasteiger charge is 2.67. The second-order valence-corrected chi connectivity index (χ2v) is 5.17. The fraction of sp³-hybridized carbons (Fsp3) is 1.00. The minimum atomic E-state index is -0.931. The van der Waals surface area contributed by atoms with Crippen molar-refractivity contribution in [2.45, 2.75) is 25.7 Å². The molecule has 0 aromatic rings. The molecule has 3 saturated heterocycles. The van der Waals surface area contributed by atoms with Crippen LogP contribution in [-0.4, -0.2) is 37.5 Å². The lowest BCUT2D eigenvalue weighted by Gasteiger charge is -2.53. The monoisotopic (exact) mass is 200 g/mol. The maximum absolute atomic E-state index is 9.35. The van der Waals surface area contributed by atoms with Gasteiger partial charge in [0.05, 0.1) is 31.8 Å². The second-order valence-electron chi connectivity index (χ2n) is 5.17. The summed E-state index contributed by atoms with van der Waals surface area (Å²) >= 11 is 0. The van der Waals surface area contributed by atoms with Gasteiger partial charge in [-0.15, -0.1) is 0 Å². The summed E-state index contributed by atoms with van der Waals surface area (Å²) in [5.74, 6) is -0.931. The molecule has 14 heavy (non-hydrogen) atoms. The molecular weight excluding hydrogens is 184 g/mol. The van der Waals surface area contributed by atoms with Gasteiger partial charge in [0.1, 0.15) is 0 Å². The zero-order valence-electron chi connectivity index (χ0n) is 8.41. The third kappa shape index (κ3) is 0.972. The van der Waals surface area contributed by atoms with E-state index in [1.165, 1.54) is 0 Å². The largest absolute Gasteiger partial charge is 0.395 e. The Balaban J connectivity index is 1.86. The van der Waals surface area contributed by atoms with Gasteiger partial charge < -0.3 is 19.3 Å². The van der Waals surface area contributed by atoms with E-state index < -0.39 is 5.97 Å². The third-order valence-electron chi connectivity index (χ3n) is 3.64. The number of ether oxygens (including phenoxy) is 3. The first-order chi connectivity index (χ1) is 6.64. The molecule has 1 N–H and O–H groups in total. The molecule has 0 amide bonds. The standard InChI is InChI=1S/C10H16O4/c1-8-5-12-10(13-6-8,14-7-8)9(4-11)2-3-9/h11H,2-7H2,1H3. The highest BCUT2D eigenvalue weighted by atomic mass is 16.9. The molecule has 4 nitrogen and oxygen atoms in total. The van der Waals surface area contributed by atoms with E-state index in [2.05, 4.69) is 6.92 Å². The van der Waals surface area contributed by atoms with Gasteiger partial charge >= 0.3 is 0 Å². The number of hydrogen-bond acceptors (Lipinski definition) is 4. The van der Waals surface area contributed by atoms with E-state index >= 15 is 0 Å². The molecule has 0 spiro atoms. The number of hydrogen-bond donors (Lipinski definition) is 1. The molecule has 3 heterocycles. The Morgan fingerprint density at radius 1 is 1.07 bits per heavy atom. The smallest absolute Gasteiger partial charge is 0.291 e. The zero-order chi connectivity index (χ0) is 9.86. The fourth-order valence-corrected chi connectivity index (χ4v) is 2.23. The second kappa shape index (κ2) is 2.50. The number of rotatable bonds is 2. The average Bonchev–Trinajstić information content (AvgIpc) is 3.00. The highest BCUT2D eigenvalue weighted by Crippen LogP contribution is 2.60. The average molecular weight is 200 g/mol. The van der Waals surface area contributed by atoms with Crippen LogP contribution in [0.2, 0.25) is 0 Å². The van der Waals surface area contributed by atoms with E-state index in [-0.39, 0.29) is 17.4 Å². The Hall–Kier alpha value is -0.160. The zero-order valence-corrected chi connectivity index (χ0v) is 8.41. The van der Waals surface area contributed by atoms with E-state index in [0.717, 1.165) is 12.8 Å². The molecule has 4 rings (SSSR count). The first-order valence-electron chi connectivity index (χ1n) is 5.17. The van der Waals surface area contributed by atoms with Gasteiger partial charge in [-0.25, -0.2) is 0 Å². The van der Waals surface area contributed by atoms with Gasteiger partial charge in [0.2, 0.25) is 0 Å². The van der Waals surface area contributed by atoms with Gasteiger partial charge in [-0.2, -0.15) is 0 Å².